The summed E-state index contributed by atoms with van der Waals surface area (Å²) in [5, 5.41) is 6.02. The van der Waals surface area contributed by atoms with Crippen LogP contribution in [0.1, 0.15) is 27.0 Å². The maximum Gasteiger partial charge on any atom is 0.257 e. The Morgan fingerprint density at radius 3 is 2.56 bits per heavy atom. The molecule has 5 heteroatoms. The Labute approximate surface area is 158 Å². The number of carbonyl (C=O) groups is 1. The van der Waals surface area contributed by atoms with E-state index in [1.165, 1.54) is 17.8 Å². The number of nitrogens with one attached hydrogen (secondary N) is 2. The molecule has 0 fully saturated rings. The highest BCUT2D eigenvalue weighted by Crippen LogP contribution is 2.15. The molecular formula is C22H22FN3O. The molecule has 4 nitrogen and oxygen atoms in total. The number of rotatable bonds is 6. The monoisotopic (exact) mass is 363 g/mol. The lowest BCUT2D eigenvalue weighted by Crippen LogP contribution is -2.13. The molecule has 0 unspecified atom stereocenters. The van der Waals surface area contributed by atoms with E-state index in [1.807, 2.05) is 38.1 Å². The number of aryl methyl sites for hydroxylation is 2. The van der Waals surface area contributed by atoms with Crippen molar-refractivity contribution in [1.29, 1.82) is 0 Å². The van der Waals surface area contributed by atoms with Crippen molar-refractivity contribution >= 4 is 17.4 Å². The largest absolute Gasteiger partial charge is 0.370 e. The van der Waals surface area contributed by atoms with E-state index in [2.05, 4.69) is 15.6 Å². The molecule has 2 aromatic carbocycles. The van der Waals surface area contributed by atoms with Crippen molar-refractivity contribution in [3.05, 3.63) is 88.9 Å². The van der Waals surface area contributed by atoms with E-state index in [1.54, 1.807) is 24.3 Å². The lowest BCUT2D eigenvalue weighted by atomic mass is 10.1. The molecule has 0 spiro atoms. The summed E-state index contributed by atoms with van der Waals surface area (Å²) >= 11 is 0. The van der Waals surface area contributed by atoms with E-state index in [0.29, 0.717) is 29.9 Å². The molecule has 2 N–H and O–H groups in total. The molecule has 3 aromatic rings. The molecule has 0 saturated heterocycles. The maximum atomic E-state index is 13.6. The second-order valence-electron chi connectivity index (χ2n) is 6.45. The molecule has 0 atom stereocenters. The van der Waals surface area contributed by atoms with Gasteiger partial charge in [-0.1, -0.05) is 24.3 Å². The molecule has 3 rings (SSSR count). The van der Waals surface area contributed by atoms with Gasteiger partial charge >= 0.3 is 0 Å². The summed E-state index contributed by atoms with van der Waals surface area (Å²) in [7, 11) is 0. The molecular weight excluding hydrogens is 341 g/mol. The van der Waals surface area contributed by atoms with Gasteiger partial charge in [0.2, 0.25) is 0 Å². The molecule has 1 aromatic heterocycles. The third-order valence-electron chi connectivity index (χ3n) is 4.45. The minimum Gasteiger partial charge on any atom is -0.370 e. The van der Waals surface area contributed by atoms with Crippen molar-refractivity contribution in [3.8, 4) is 0 Å². The molecule has 0 aliphatic carbocycles. The highest BCUT2D eigenvalue weighted by atomic mass is 19.1. The Balaban J connectivity index is 1.55. The highest BCUT2D eigenvalue weighted by molar-refractivity contribution is 6.04. The van der Waals surface area contributed by atoms with E-state index < -0.39 is 0 Å². The van der Waals surface area contributed by atoms with Crippen LogP contribution < -0.4 is 10.6 Å². The topological polar surface area (TPSA) is 54.0 Å². The number of carbonyl (C=O) groups excluding carboxylic acids is 1. The number of pyridine rings is 1. The van der Waals surface area contributed by atoms with Crippen LogP contribution in [0.5, 0.6) is 0 Å². The second kappa shape index (κ2) is 8.45. The van der Waals surface area contributed by atoms with Crippen molar-refractivity contribution in [2.75, 3.05) is 17.2 Å². The molecule has 0 radical (unpaired) electrons. The van der Waals surface area contributed by atoms with Crippen molar-refractivity contribution in [2.24, 2.45) is 0 Å². The van der Waals surface area contributed by atoms with E-state index in [4.69, 9.17) is 0 Å². The first-order valence-electron chi connectivity index (χ1n) is 8.85. The van der Waals surface area contributed by atoms with Gasteiger partial charge in [0.15, 0.2) is 0 Å². The molecule has 0 aliphatic heterocycles. The van der Waals surface area contributed by atoms with Gasteiger partial charge in [-0.25, -0.2) is 9.37 Å². The van der Waals surface area contributed by atoms with Crippen LogP contribution in [0.25, 0.3) is 0 Å². The quantitative estimate of drug-likeness (QED) is 0.665. The van der Waals surface area contributed by atoms with Gasteiger partial charge in [0.1, 0.15) is 11.6 Å². The van der Waals surface area contributed by atoms with E-state index in [9.17, 15) is 9.18 Å². The Morgan fingerprint density at radius 2 is 1.85 bits per heavy atom. The fraction of sp³-hybridized carbons (Fsp3) is 0.182. The Bertz CT molecular complexity index is 939. The summed E-state index contributed by atoms with van der Waals surface area (Å²) < 4.78 is 13.6. The predicted molar refractivity (Wildman–Crippen MR) is 107 cm³/mol. The summed E-state index contributed by atoms with van der Waals surface area (Å²) in [5.41, 5.74) is 4.21. The van der Waals surface area contributed by atoms with Crippen molar-refractivity contribution in [2.45, 2.75) is 20.3 Å². The first-order valence-corrected chi connectivity index (χ1v) is 8.85. The second-order valence-corrected chi connectivity index (χ2v) is 6.45. The number of halogens is 1. The van der Waals surface area contributed by atoms with Crippen LogP contribution in [0.2, 0.25) is 0 Å². The number of hydrogen-bond acceptors (Lipinski definition) is 3. The lowest BCUT2D eigenvalue weighted by molar-refractivity contribution is 0.102. The van der Waals surface area contributed by atoms with E-state index in [0.717, 1.165) is 11.3 Å². The molecule has 138 valence electrons. The SMILES string of the molecule is Cc1ccc(NC(=O)c2ccc(NCCc3ccccc3F)nc2)cc1C. The third-order valence-corrected chi connectivity index (χ3v) is 4.45. The minimum atomic E-state index is -0.205. The Morgan fingerprint density at radius 1 is 1.04 bits per heavy atom. The van der Waals surface area contributed by atoms with Gasteiger partial charge in [-0.3, -0.25) is 4.79 Å². The molecule has 0 saturated carbocycles. The zero-order chi connectivity index (χ0) is 19.2. The molecule has 1 amide bonds. The van der Waals surface area contributed by atoms with Crippen LogP contribution in [0.3, 0.4) is 0 Å². The standard InChI is InChI=1S/C22H22FN3O/c1-15-7-9-19(13-16(15)2)26-22(27)18-8-10-21(25-14-18)24-12-11-17-5-3-4-6-20(17)23/h3-10,13-14H,11-12H2,1-2H3,(H,24,25)(H,26,27). The smallest absolute Gasteiger partial charge is 0.257 e. The number of hydrogen-bond donors (Lipinski definition) is 2. The average molecular weight is 363 g/mol. The van der Waals surface area contributed by atoms with E-state index >= 15 is 0 Å². The molecule has 0 aliphatic rings. The fourth-order valence-corrected chi connectivity index (χ4v) is 2.68. The number of aromatic nitrogens is 1. The number of nitrogens with zero attached hydrogens (tertiary/aromatic N) is 1. The summed E-state index contributed by atoms with van der Waals surface area (Å²) in [6.45, 7) is 4.60. The summed E-state index contributed by atoms with van der Waals surface area (Å²) in [6, 6.07) is 16.0. The predicted octanol–water partition coefficient (Wildman–Crippen LogP) is 4.74. The third kappa shape index (κ3) is 4.91. The highest BCUT2D eigenvalue weighted by Gasteiger charge is 2.08. The Hall–Kier alpha value is -3.21. The van der Waals surface area contributed by atoms with Gasteiger partial charge in [-0.15, -0.1) is 0 Å². The summed E-state index contributed by atoms with van der Waals surface area (Å²) in [5.74, 6) is 0.239. The summed E-state index contributed by atoms with van der Waals surface area (Å²) in [6.07, 6.45) is 2.09. The zero-order valence-corrected chi connectivity index (χ0v) is 15.4. The van der Waals surface area contributed by atoms with Crippen LogP contribution in [0, 0.1) is 19.7 Å². The van der Waals surface area contributed by atoms with Crippen LogP contribution in [0.4, 0.5) is 15.9 Å². The molecule has 1 heterocycles. The Kier molecular flexibility index (Phi) is 5.81. The normalized spacial score (nSPS) is 10.5. The van der Waals surface area contributed by atoms with Crippen molar-refractivity contribution < 1.29 is 9.18 Å². The van der Waals surface area contributed by atoms with Crippen LogP contribution in [-0.2, 0) is 6.42 Å². The number of amides is 1. The number of benzene rings is 2. The first-order chi connectivity index (χ1) is 13.0. The average Bonchev–Trinajstić information content (AvgIpc) is 2.67. The van der Waals surface area contributed by atoms with Crippen LogP contribution >= 0.6 is 0 Å². The van der Waals surface area contributed by atoms with E-state index in [-0.39, 0.29) is 11.7 Å². The zero-order valence-electron chi connectivity index (χ0n) is 15.4. The van der Waals surface area contributed by atoms with Gasteiger partial charge in [0.25, 0.3) is 5.91 Å². The van der Waals surface area contributed by atoms with Gasteiger partial charge in [-0.05, 0) is 67.3 Å². The number of anilines is 2. The fourth-order valence-electron chi connectivity index (χ4n) is 2.68. The van der Waals surface area contributed by atoms with Crippen molar-refractivity contribution in [1.82, 2.24) is 4.98 Å². The van der Waals surface area contributed by atoms with Gasteiger partial charge < -0.3 is 10.6 Å². The van der Waals surface area contributed by atoms with Crippen LogP contribution in [0.15, 0.2) is 60.8 Å². The van der Waals surface area contributed by atoms with Gasteiger partial charge in [-0.2, -0.15) is 0 Å². The summed E-state index contributed by atoms with van der Waals surface area (Å²) in [4.78, 5) is 16.6. The van der Waals surface area contributed by atoms with Gasteiger partial charge in [0, 0.05) is 18.4 Å². The van der Waals surface area contributed by atoms with Gasteiger partial charge in [0.05, 0.1) is 5.56 Å². The lowest BCUT2D eigenvalue weighted by Gasteiger charge is -2.09. The maximum absolute atomic E-state index is 13.6. The molecule has 0 bridgehead atoms. The first kappa shape index (κ1) is 18.6. The minimum absolute atomic E-state index is 0.203. The van der Waals surface area contributed by atoms with Crippen molar-refractivity contribution in [3.63, 3.8) is 0 Å². The molecule has 27 heavy (non-hydrogen) atoms. The van der Waals surface area contributed by atoms with Crippen LogP contribution in [-0.4, -0.2) is 17.4 Å².